The molecule has 0 atom stereocenters. The SMILES string of the molecule is Cc1ccc(Nc2oc(-c3ccccc3)nc2S(=O)(=O)c2ccc3c(c2)OCCO3)cc1. The van der Waals surface area contributed by atoms with Gasteiger partial charge in [0.2, 0.25) is 26.6 Å². The van der Waals surface area contributed by atoms with Crippen LogP contribution in [0.2, 0.25) is 0 Å². The number of hydrogen-bond donors (Lipinski definition) is 1. The Labute approximate surface area is 185 Å². The largest absolute Gasteiger partial charge is 0.486 e. The van der Waals surface area contributed by atoms with Gasteiger partial charge in [-0.1, -0.05) is 35.9 Å². The van der Waals surface area contributed by atoms with Crippen molar-refractivity contribution in [2.45, 2.75) is 16.8 Å². The first-order chi connectivity index (χ1) is 15.5. The summed E-state index contributed by atoms with van der Waals surface area (Å²) in [7, 11) is -4.02. The Kier molecular flexibility index (Phi) is 5.07. The number of oxazole rings is 1. The Hall–Kier alpha value is -3.78. The van der Waals surface area contributed by atoms with Gasteiger partial charge in [0.1, 0.15) is 13.2 Å². The number of benzene rings is 3. The van der Waals surface area contributed by atoms with E-state index in [1.165, 1.54) is 12.1 Å². The first-order valence-corrected chi connectivity index (χ1v) is 11.5. The molecule has 32 heavy (non-hydrogen) atoms. The molecule has 4 aromatic rings. The van der Waals surface area contributed by atoms with Crippen LogP contribution in [-0.4, -0.2) is 26.6 Å². The van der Waals surface area contributed by atoms with Gasteiger partial charge in [-0.3, -0.25) is 0 Å². The molecule has 0 unspecified atom stereocenters. The summed E-state index contributed by atoms with van der Waals surface area (Å²) in [4.78, 5) is 4.41. The maximum atomic E-state index is 13.6. The van der Waals surface area contributed by atoms with E-state index in [4.69, 9.17) is 13.9 Å². The van der Waals surface area contributed by atoms with Gasteiger partial charge in [0.15, 0.2) is 11.5 Å². The van der Waals surface area contributed by atoms with E-state index in [0.717, 1.165) is 5.56 Å². The molecule has 0 saturated carbocycles. The fourth-order valence-electron chi connectivity index (χ4n) is 3.34. The van der Waals surface area contributed by atoms with Gasteiger partial charge >= 0.3 is 0 Å². The van der Waals surface area contributed by atoms with Crippen molar-refractivity contribution >= 4 is 21.4 Å². The minimum Gasteiger partial charge on any atom is -0.486 e. The summed E-state index contributed by atoms with van der Waals surface area (Å²) in [5, 5.41) is 2.86. The molecule has 1 aromatic heterocycles. The minimum atomic E-state index is -4.02. The van der Waals surface area contributed by atoms with Crippen LogP contribution in [0.15, 0.2) is 87.1 Å². The van der Waals surface area contributed by atoms with Gasteiger partial charge in [-0.2, -0.15) is 4.98 Å². The van der Waals surface area contributed by atoms with E-state index in [9.17, 15) is 8.42 Å². The molecule has 1 N–H and O–H groups in total. The summed E-state index contributed by atoms with van der Waals surface area (Å²) >= 11 is 0. The van der Waals surface area contributed by atoms with E-state index in [2.05, 4.69) is 10.3 Å². The van der Waals surface area contributed by atoms with Gasteiger partial charge in [0, 0.05) is 17.3 Å². The highest BCUT2D eigenvalue weighted by atomic mass is 32.2. The van der Waals surface area contributed by atoms with Crippen LogP contribution in [0.3, 0.4) is 0 Å². The number of hydrogen-bond acceptors (Lipinski definition) is 7. The van der Waals surface area contributed by atoms with E-state index in [-0.39, 0.29) is 21.7 Å². The zero-order valence-electron chi connectivity index (χ0n) is 17.2. The highest BCUT2D eigenvalue weighted by molar-refractivity contribution is 7.91. The van der Waals surface area contributed by atoms with E-state index in [0.29, 0.717) is 36.0 Å². The lowest BCUT2D eigenvalue weighted by Crippen LogP contribution is -2.16. The number of sulfone groups is 1. The molecule has 8 heteroatoms. The standard InChI is InChI=1S/C24H20N2O5S/c1-16-7-9-18(10-8-16)25-23-24(26-22(31-23)17-5-3-2-4-6-17)32(27,28)19-11-12-20-21(15-19)30-14-13-29-20/h2-12,15,25H,13-14H2,1H3. The average molecular weight is 449 g/mol. The lowest BCUT2D eigenvalue weighted by atomic mass is 10.2. The van der Waals surface area contributed by atoms with E-state index in [1.807, 2.05) is 61.5 Å². The lowest BCUT2D eigenvalue weighted by molar-refractivity contribution is 0.171. The number of aromatic nitrogens is 1. The number of ether oxygens (including phenoxy) is 2. The third-order valence-corrected chi connectivity index (χ3v) is 6.67. The summed E-state index contributed by atoms with van der Waals surface area (Å²) < 4.78 is 44.1. The van der Waals surface area contributed by atoms with Crippen LogP contribution in [0.5, 0.6) is 11.5 Å². The Bertz CT molecular complexity index is 1360. The second-order valence-electron chi connectivity index (χ2n) is 7.32. The fraction of sp³-hybridized carbons (Fsp3) is 0.125. The third-order valence-electron chi connectivity index (χ3n) is 5.00. The molecule has 0 fully saturated rings. The van der Waals surface area contributed by atoms with Crippen LogP contribution in [0.25, 0.3) is 11.5 Å². The van der Waals surface area contributed by atoms with Crippen molar-refractivity contribution in [1.29, 1.82) is 0 Å². The maximum absolute atomic E-state index is 13.6. The summed E-state index contributed by atoms with van der Waals surface area (Å²) in [5.74, 6) is 1.15. The van der Waals surface area contributed by atoms with Crippen molar-refractivity contribution in [2.24, 2.45) is 0 Å². The van der Waals surface area contributed by atoms with Crippen molar-refractivity contribution in [3.63, 3.8) is 0 Å². The number of nitrogens with zero attached hydrogens (tertiary/aromatic N) is 1. The zero-order chi connectivity index (χ0) is 22.1. The van der Waals surface area contributed by atoms with Gasteiger partial charge in [-0.05, 0) is 43.3 Å². The highest BCUT2D eigenvalue weighted by Gasteiger charge is 2.30. The summed E-state index contributed by atoms with van der Waals surface area (Å²) in [6.07, 6.45) is 0. The Morgan fingerprint density at radius 1 is 0.875 bits per heavy atom. The molecule has 5 rings (SSSR count). The van der Waals surface area contributed by atoms with Crippen molar-refractivity contribution in [2.75, 3.05) is 18.5 Å². The average Bonchev–Trinajstić information content (AvgIpc) is 3.25. The van der Waals surface area contributed by atoms with Gasteiger partial charge in [-0.25, -0.2) is 8.42 Å². The van der Waals surface area contributed by atoms with Gasteiger partial charge in [-0.15, -0.1) is 0 Å². The van der Waals surface area contributed by atoms with Crippen molar-refractivity contribution in [1.82, 2.24) is 4.98 Å². The molecule has 0 amide bonds. The molecule has 162 valence electrons. The smallest absolute Gasteiger partial charge is 0.238 e. The van der Waals surface area contributed by atoms with Crippen LogP contribution in [0.4, 0.5) is 11.6 Å². The molecule has 7 nitrogen and oxygen atoms in total. The Morgan fingerprint density at radius 2 is 1.59 bits per heavy atom. The monoisotopic (exact) mass is 448 g/mol. The maximum Gasteiger partial charge on any atom is 0.238 e. The van der Waals surface area contributed by atoms with Crippen molar-refractivity contribution in [3.05, 3.63) is 78.4 Å². The molecule has 1 aliphatic heterocycles. The van der Waals surface area contributed by atoms with E-state index >= 15 is 0 Å². The van der Waals surface area contributed by atoms with Crippen LogP contribution < -0.4 is 14.8 Å². The predicted octanol–water partition coefficient (Wildman–Crippen LogP) is 5.00. The molecule has 0 spiro atoms. The molecule has 0 aliphatic carbocycles. The molecule has 0 radical (unpaired) electrons. The second-order valence-corrected chi connectivity index (χ2v) is 9.18. The molecular formula is C24H20N2O5S. The molecule has 0 saturated heterocycles. The molecule has 2 heterocycles. The van der Waals surface area contributed by atoms with Gasteiger partial charge in [0.05, 0.1) is 4.90 Å². The molecular weight excluding hydrogens is 428 g/mol. The number of rotatable bonds is 5. The van der Waals surface area contributed by atoms with E-state index in [1.54, 1.807) is 6.07 Å². The Balaban J connectivity index is 1.61. The first-order valence-electron chi connectivity index (χ1n) is 10.1. The first kappa shape index (κ1) is 20.1. The summed E-state index contributed by atoms with van der Waals surface area (Å²) in [6, 6.07) is 21.2. The quantitative estimate of drug-likeness (QED) is 0.459. The zero-order valence-corrected chi connectivity index (χ0v) is 18.1. The number of fused-ring (bicyclic) bond motifs is 1. The molecule has 3 aromatic carbocycles. The normalized spacial score (nSPS) is 13.0. The fourth-order valence-corrected chi connectivity index (χ4v) is 4.61. The highest BCUT2D eigenvalue weighted by Crippen LogP contribution is 2.37. The van der Waals surface area contributed by atoms with Crippen molar-refractivity contribution in [3.8, 4) is 23.0 Å². The summed E-state index contributed by atoms with van der Waals surface area (Å²) in [5.41, 5.74) is 2.44. The molecule has 1 aliphatic rings. The van der Waals surface area contributed by atoms with Gasteiger partial charge in [0.25, 0.3) is 0 Å². The van der Waals surface area contributed by atoms with Crippen LogP contribution in [0, 0.1) is 6.92 Å². The number of nitrogens with one attached hydrogen (secondary N) is 1. The van der Waals surface area contributed by atoms with Crippen molar-refractivity contribution < 1.29 is 22.3 Å². The van der Waals surface area contributed by atoms with Crippen LogP contribution in [0.1, 0.15) is 5.56 Å². The summed E-state index contributed by atoms with van der Waals surface area (Å²) in [6.45, 7) is 2.76. The Morgan fingerprint density at radius 3 is 2.34 bits per heavy atom. The second kappa shape index (κ2) is 8.05. The third kappa shape index (κ3) is 3.80. The van der Waals surface area contributed by atoms with E-state index < -0.39 is 9.84 Å². The van der Waals surface area contributed by atoms with Crippen LogP contribution >= 0.6 is 0 Å². The van der Waals surface area contributed by atoms with Crippen LogP contribution in [-0.2, 0) is 9.84 Å². The topological polar surface area (TPSA) is 90.7 Å². The number of aryl methyl sites for hydroxylation is 1. The van der Waals surface area contributed by atoms with Gasteiger partial charge < -0.3 is 19.2 Å². The predicted molar refractivity (Wildman–Crippen MR) is 119 cm³/mol. The lowest BCUT2D eigenvalue weighted by Gasteiger charge is -2.18. The number of anilines is 2. The molecule has 0 bridgehead atoms. The minimum absolute atomic E-state index is 0.0432.